The molecule has 0 spiro atoms. The molecule has 2 N–H and O–H groups in total. The number of carbonyl (C=O) groups excluding carboxylic acids is 1. The summed E-state index contributed by atoms with van der Waals surface area (Å²) in [6, 6.07) is 8.85. The summed E-state index contributed by atoms with van der Waals surface area (Å²) >= 11 is 0. The zero-order valence-corrected chi connectivity index (χ0v) is 11.4. The maximum atomic E-state index is 11.9. The van der Waals surface area contributed by atoms with Crippen LogP contribution < -0.4 is 16.2 Å². The van der Waals surface area contributed by atoms with Gasteiger partial charge in [0.25, 0.3) is 5.56 Å². The van der Waals surface area contributed by atoms with E-state index in [4.69, 9.17) is 0 Å². The number of rotatable bonds is 4. The molecule has 0 aliphatic heterocycles. The molecular weight excluding hydrogens is 256 g/mol. The molecule has 0 unspecified atom stereocenters. The van der Waals surface area contributed by atoms with Crippen LogP contribution in [0.5, 0.6) is 0 Å². The number of nitrogens with one attached hydrogen (secondary N) is 2. The predicted octanol–water partition coefficient (Wildman–Crippen LogP) is 1.23. The summed E-state index contributed by atoms with van der Waals surface area (Å²) in [7, 11) is 1.70. The van der Waals surface area contributed by atoms with Gasteiger partial charge in [0, 0.05) is 18.8 Å². The second-order valence-corrected chi connectivity index (χ2v) is 4.41. The second kappa shape index (κ2) is 6.01. The van der Waals surface area contributed by atoms with E-state index in [9.17, 15) is 9.59 Å². The van der Waals surface area contributed by atoms with Crippen LogP contribution in [0.3, 0.4) is 0 Å². The molecule has 0 bridgehead atoms. The van der Waals surface area contributed by atoms with Gasteiger partial charge in [0.05, 0.1) is 11.9 Å². The number of aromatic nitrogens is 2. The van der Waals surface area contributed by atoms with Crippen LogP contribution >= 0.6 is 0 Å². The third kappa shape index (κ3) is 3.44. The Balaban J connectivity index is 2.07. The Morgan fingerprint density at radius 3 is 2.75 bits per heavy atom. The van der Waals surface area contributed by atoms with Crippen molar-refractivity contribution in [3.05, 3.63) is 52.4 Å². The highest BCUT2D eigenvalue weighted by Crippen LogP contribution is 2.09. The van der Waals surface area contributed by atoms with Crippen LogP contribution in [0.4, 0.5) is 11.4 Å². The fourth-order valence-electron chi connectivity index (χ4n) is 1.75. The molecule has 0 atom stereocenters. The average molecular weight is 272 g/mol. The first-order chi connectivity index (χ1) is 9.58. The molecule has 0 saturated carbocycles. The Morgan fingerprint density at radius 1 is 1.30 bits per heavy atom. The molecule has 0 aliphatic rings. The number of amides is 1. The third-order valence-electron chi connectivity index (χ3n) is 2.75. The predicted molar refractivity (Wildman–Crippen MR) is 77.9 cm³/mol. The first-order valence-electron chi connectivity index (χ1n) is 6.20. The number of anilines is 2. The van der Waals surface area contributed by atoms with E-state index < -0.39 is 0 Å². The van der Waals surface area contributed by atoms with Gasteiger partial charge in [-0.2, -0.15) is 5.10 Å². The van der Waals surface area contributed by atoms with E-state index in [-0.39, 0.29) is 18.0 Å². The van der Waals surface area contributed by atoms with Gasteiger partial charge in [-0.05, 0) is 24.6 Å². The average Bonchev–Trinajstić information content (AvgIpc) is 2.41. The van der Waals surface area contributed by atoms with Gasteiger partial charge in [-0.25, -0.2) is 4.68 Å². The Hall–Kier alpha value is -2.63. The van der Waals surface area contributed by atoms with Crippen LogP contribution in [0.15, 0.2) is 41.3 Å². The van der Waals surface area contributed by atoms with E-state index in [0.29, 0.717) is 11.4 Å². The largest absolute Gasteiger partial charge is 0.387 e. The number of hydrogen-bond acceptors (Lipinski definition) is 4. The van der Waals surface area contributed by atoms with Gasteiger partial charge in [0.2, 0.25) is 5.91 Å². The smallest absolute Gasteiger partial charge is 0.269 e. The van der Waals surface area contributed by atoms with Crippen molar-refractivity contribution in [3.63, 3.8) is 0 Å². The topological polar surface area (TPSA) is 76.0 Å². The summed E-state index contributed by atoms with van der Waals surface area (Å²) in [6.45, 7) is 1.83. The molecule has 20 heavy (non-hydrogen) atoms. The van der Waals surface area contributed by atoms with Crippen molar-refractivity contribution in [3.8, 4) is 0 Å². The molecule has 0 aliphatic carbocycles. The Labute approximate surface area is 116 Å². The van der Waals surface area contributed by atoms with Gasteiger partial charge in [-0.3, -0.25) is 9.59 Å². The highest BCUT2D eigenvalue weighted by atomic mass is 16.2. The maximum Gasteiger partial charge on any atom is 0.269 e. The van der Waals surface area contributed by atoms with E-state index in [0.717, 1.165) is 10.2 Å². The normalized spacial score (nSPS) is 10.1. The lowest BCUT2D eigenvalue weighted by Gasteiger charge is -2.07. The van der Waals surface area contributed by atoms with E-state index >= 15 is 0 Å². The molecule has 1 amide bonds. The molecule has 0 radical (unpaired) electrons. The van der Waals surface area contributed by atoms with Crippen molar-refractivity contribution in [2.45, 2.75) is 13.5 Å². The summed E-state index contributed by atoms with van der Waals surface area (Å²) in [5.41, 5.74) is 2.05. The molecule has 2 aromatic rings. The lowest BCUT2D eigenvalue weighted by molar-refractivity contribution is -0.117. The zero-order valence-electron chi connectivity index (χ0n) is 11.4. The van der Waals surface area contributed by atoms with Crippen molar-refractivity contribution < 1.29 is 4.79 Å². The van der Waals surface area contributed by atoms with Gasteiger partial charge in [0.15, 0.2) is 0 Å². The van der Waals surface area contributed by atoms with Crippen molar-refractivity contribution in [1.82, 2.24) is 9.78 Å². The van der Waals surface area contributed by atoms with Gasteiger partial charge in [-0.15, -0.1) is 0 Å². The van der Waals surface area contributed by atoms with Crippen LogP contribution in [0, 0.1) is 6.92 Å². The second-order valence-electron chi connectivity index (χ2n) is 4.41. The summed E-state index contributed by atoms with van der Waals surface area (Å²) in [5.74, 6) is -0.289. The van der Waals surface area contributed by atoms with Gasteiger partial charge < -0.3 is 10.6 Å². The molecule has 6 nitrogen and oxygen atoms in total. The number of aryl methyl sites for hydroxylation is 1. The fourth-order valence-corrected chi connectivity index (χ4v) is 1.75. The van der Waals surface area contributed by atoms with Gasteiger partial charge >= 0.3 is 0 Å². The molecule has 1 aromatic carbocycles. The van der Waals surface area contributed by atoms with Gasteiger partial charge in [0.1, 0.15) is 6.54 Å². The highest BCUT2D eigenvalue weighted by Gasteiger charge is 2.06. The molecule has 1 heterocycles. The molecular formula is C14H16N4O2. The minimum Gasteiger partial charge on any atom is -0.387 e. The first-order valence-corrected chi connectivity index (χ1v) is 6.20. The molecule has 104 valence electrons. The third-order valence-corrected chi connectivity index (χ3v) is 2.75. The minimum atomic E-state index is -0.323. The monoisotopic (exact) mass is 272 g/mol. The number of carbonyl (C=O) groups is 1. The maximum absolute atomic E-state index is 11.9. The van der Waals surface area contributed by atoms with Crippen molar-refractivity contribution in [1.29, 1.82) is 0 Å². The molecule has 0 fully saturated rings. The molecule has 2 rings (SSSR count). The zero-order chi connectivity index (χ0) is 14.5. The van der Waals surface area contributed by atoms with E-state index in [1.165, 1.54) is 12.3 Å². The number of nitrogens with zero attached hydrogens (tertiary/aromatic N) is 2. The van der Waals surface area contributed by atoms with Crippen LogP contribution in [0.25, 0.3) is 0 Å². The standard InChI is InChI=1S/C14H16N4O2/c1-10-4-3-5-11(6-10)17-13(19)9-18-14(20)7-12(15-2)8-16-18/h3-8,15H,9H2,1-2H3,(H,17,19). The van der Waals surface area contributed by atoms with Crippen molar-refractivity contribution >= 4 is 17.3 Å². The summed E-state index contributed by atoms with van der Waals surface area (Å²) in [4.78, 5) is 23.6. The van der Waals surface area contributed by atoms with E-state index in [1.54, 1.807) is 13.1 Å². The van der Waals surface area contributed by atoms with Crippen molar-refractivity contribution in [2.75, 3.05) is 17.7 Å². The van der Waals surface area contributed by atoms with Crippen LogP contribution in [-0.2, 0) is 11.3 Å². The van der Waals surface area contributed by atoms with Crippen molar-refractivity contribution in [2.24, 2.45) is 0 Å². The lowest BCUT2D eigenvalue weighted by Crippen LogP contribution is -2.29. The first kappa shape index (κ1) is 13.8. The molecule has 0 saturated heterocycles. The highest BCUT2D eigenvalue weighted by molar-refractivity contribution is 5.90. The fraction of sp³-hybridized carbons (Fsp3) is 0.214. The summed E-state index contributed by atoms with van der Waals surface area (Å²) in [5, 5.41) is 9.48. The quantitative estimate of drug-likeness (QED) is 0.877. The molecule has 6 heteroatoms. The summed E-state index contributed by atoms with van der Waals surface area (Å²) < 4.78 is 1.12. The SMILES string of the molecule is CNc1cnn(CC(=O)Nc2cccc(C)c2)c(=O)c1. The Kier molecular flexibility index (Phi) is 4.14. The van der Waals surface area contributed by atoms with Crippen LogP contribution in [0.2, 0.25) is 0 Å². The van der Waals surface area contributed by atoms with Crippen LogP contribution in [0.1, 0.15) is 5.56 Å². The van der Waals surface area contributed by atoms with E-state index in [1.807, 2.05) is 25.1 Å². The number of hydrogen-bond donors (Lipinski definition) is 2. The van der Waals surface area contributed by atoms with Gasteiger partial charge in [-0.1, -0.05) is 12.1 Å². The minimum absolute atomic E-state index is 0.114. The van der Waals surface area contributed by atoms with E-state index in [2.05, 4.69) is 15.7 Å². The lowest BCUT2D eigenvalue weighted by atomic mass is 10.2. The summed E-state index contributed by atoms with van der Waals surface area (Å²) in [6.07, 6.45) is 1.50. The Bertz CT molecular complexity index is 679. The Morgan fingerprint density at radius 2 is 2.10 bits per heavy atom. The van der Waals surface area contributed by atoms with Crippen LogP contribution in [-0.4, -0.2) is 22.7 Å². The number of benzene rings is 1. The molecule has 1 aromatic heterocycles.